The van der Waals surface area contributed by atoms with Crippen molar-refractivity contribution in [2.75, 3.05) is 30.5 Å². The minimum absolute atomic E-state index is 0.0364. The van der Waals surface area contributed by atoms with Crippen molar-refractivity contribution in [2.45, 2.75) is 30.3 Å². The number of nitrogens with one attached hydrogen (secondary N) is 1. The van der Waals surface area contributed by atoms with E-state index in [4.69, 9.17) is 0 Å². The van der Waals surface area contributed by atoms with Crippen molar-refractivity contribution in [1.82, 2.24) is 0 Å². The molecule has 5 nitrogen and oxygen atoms in total. The summed E-state index contributed by atoms with van der Waals surface area (Å²) in [6.45, 7) is 2.67. The molecule has 30 heavy (non-hydrogen) atoms. The quantitative estimate of drug-likeness (QED) is 0.611. The summed E-state index contributed by atoms with van der Waals surface area (Å²) in [4.78, 5) is 1.58. The second-order valence-corrected chi connectivity index (χ2v) is 9.88. The van der Waals surface area contributed by atoms with Crippen molar-refractivity contribution in [3.05, 3.63) is 72.8 Å². The molecule has 0 aliphatic carbocycles. The fourth-order valence-corrected chi connectivity index (χ4v) is 5.86. The maximum atomic E-state index is 13.6. The third-order valence-electron chi connectivity index (χ3n) is 5.83. The number of nitrogens with zero attached hydrogens (tertiary/aromatic N) is 1. The molecule has 0 unspecified atom stereocenters. The van der Waals surface area contributed by atoms with Crippen molar-refractivity contribution < 1.29 is 18.4 Å². The molecule has 0 amide bonds. The van der Waals surface area contributed by atoms with E-state index in [1.54, 1.807) is 30.3 Å². The van der Waals surface area contributed by atoms with Crippen LogP contribution in [0.4, 0.5) is 5.69 Å². The van der Waals surface area contributed by atoms with Gasteiger partial charge in [-0.2, -0.15) is 0 Å². The molecule has 0 aromatic heterocycles. The van der Waals surface area contributed by atoms with Crippen LogP contribution in [-0.4, -0.2) is 45.8 Å². The monoisotopic (exact) mass is 425 g/mol. The molecule has 158 valence electrons. The molecule has 6 heteroatoms. The van der Waals surface area contributed by atoms with Gasteiger partial charge in [-0.3, -0.25) is 4.31 Å². The maximum absolute atomic E-state index is 13.6. The zero-order valence-corrected chi connectivity index (χ0v) is 17.9. The molecule has 1 aliphatic rings. The molecule has 4 rings (SSSR count). The van der Waals surface area contributed by atoms with Crippen LogP contribution in [0.2, 0.25) is 0 Å². The Kier molecular flexibility index (Phi) is 6.37. The van der Waals surface area contributed by atoms with Gasteiger partial charge >= 0.3 is 0 Å². The Balaban J connectivity index is 1.71. The molecular formula is C24H29N2O3S+. The number of fused-ring (bicyclic) bond motifs is 1. The summed E-state index contributed by atoms with van der Waals surface area (Å²) in [6.07, 6.45) is 2.83. The lowest BCUT2D eigenvalue weighted by Gasteiger charge is -2.30. The van der Waals surface area contributed by atoms with Gasteiger partial charge in [0.05, 0.1) is 30.2 Å². The highest BCUT2D eigenvalue weighted by atomic mass is 32.2. The Morgan fingerprint density at radius 3 is 2.30 bits per heavy atom. The van der Waals surface area contributed by atoms with Gasteiger partial charge in [0.25, 0.3) is 10.0 Å². The van der Waals surface area contributed by atoms with E-state index in [1.165, 1.54) is 15.6 Å². The summed E-state index contributed by atoms with van der Waals surface area (Å²) in [5.74, 6) is 0. The Morgan fingerprint density at radius 2 is 1.53 bits per heavy atom. The molecule has 0 bridgehead atoms. The van der Waals surface area contributed by atoms with E-state index in [1.807, 2.05) is 42.5 Å². The number of rotatable bonds is 7. The zero-order chi connectivity index (χ0) is 21.0. The van der Waals surface area contributed by atoms with E-state index < -0.39 is 16.1 Å². The van der Waals surface area contributed by atoms with Crippen LogP contribution in [-0.2, 0) is 10.0 Å². The van der Waals surface area contributed by atoms with Gasteiger partial charge in [0, 0.05) is 5.39 Å². The second-order valence-electron chi connectivity index (χ2n) is 8.02. The van der Waals surface area contributed by atoms with Crippen LogP contribution in [0.1, 0.15) is 19.3 Å². The third-order valence-corrected chi connectivity index (χ3v) is 7.62. The predicted molar refractivity (Wildman–Crippen MR) is 120 cm³/mol. The first-order chi connectivity index (χ1) is 14.6. The van der Waals surface area contributed by atoms with Crippen LogP contribution >= 0.6 is 0 Å². The van der Waals surface area contributed by atoms with Gasteiger partial charge in [-0.15, -0.1) is 0 Å². The van der Waals surface area contributed by atoms with E-state index in [9.17, 15) is 13.5 Å². The highest BCUT2D eigenvalue weighted by Crippen LogP contribution is 2.31. The Labute approximate surface area is 178 Å². The van der Waals surface area contributed by atoms with Crippen LogP contribution in [0.15, 0.2) is 77.7 Å². The molecule has 2 N–H and O–H groups in total. The summed E-state index contributed by atoms with van der Waals surface area (Å²) in [7, 11) is -3.82. The maximum Gasteiger partial charge on any atom is 0.264 e. The normalized spacial score (nSPS) is 16.4. The van der Waals surface area contributed by atoms with Crippen LogP contribution in [0.5, 0.6) is 0 Å². The summed E-state index contributed by atoms with van der Waals surface area (Å²) >= 11 is 0. The average Bonchev–Trinajstić information content (AvgIpc) is 2.78. The van der Waals surface area contributed by atoms with E-state index >= 15 is 0 Å². The number of hydrogen-bond donors (Lipinski definition) is 2. The summed E-state index contributed by atoms with van der Waals surface area (Å²) in [5, 5.41) is 12.7. The fourth-order valence-electron chi connectivity index (χ4n) is 4.32. The molecule has 0 spiro atoms. The van der Waals surface area contributed by atoms with Crippen molar-refractivity contribution >= 4 is 26.5 Å². The van der Waals surface area contributed by atoms with E-state index in [0.717, 1.165) is 36.7 Å². The summed E-state index contributed by atoms with van der Waals surface area (Å²) in [6, 6.07) is 21.9. The number of sulfonamides is 1. The lowest BCUT2D eigenvalue weighted by atomic mass is 10.1. The topological polar surface area (TPSA) is 62.0 Å². The van der Waals surface area contributed by atoms with Crippen LogP contribution in [0.25, 0.3) is 10.8 Å². The van der Waals surface area contributed by atoms with E-state index in [2.05, 4.69) is 0 Å². The number of anilines is 1. The number of likely N-dealkylation sites (tertiary alicyclic amines) is 1. The van der Waals surface area contributed by atoms with E-state index in [0.29, 0.717) is 12.2 Å². The molecule has 1 heterocycles. The number of piperidine rings is 1. The summed E-state index contributed by atoms with van der Waals surface area (Å²) in [5.41, 5.74) is 0.602. The first-order valence-electron chi connectivity index (χ1n) is 10.6. The van der Waals surface area contributed by atoms with Gasteiger partial charge in [0.15, 0.2) is 0 Å². The molecule has 0 saturated carbocycles. The molecule has 3 aromatic carbocycles. The van der Waals surface area contributed by atoms with Gasteiger partial charge in [0.1, 0.15) is 12.6 Å². The average molecular weight is 426 g/mol. The van der Waals surface area contributed by atoms with Crippen molar-refractivity contribution in [3.8, 4) is 0 Å². The summed E-state index contributed by atoms with van der Waals surface area (Å²) < 4.78 is 28.6. The molecule has 1 atom stereocenters. The van der Waals surface area contributed by atoms with Crippen molar-refractivity contribution in [2.24, 2.45) is 0 Å². The van der Waals surface area contributed by atoms with Crippen LogP contribution in [0.3, 0.4) is 0 Å². The third kappa shape index (κ3) is 4.51. The van der Waals surface area contributed by atoms with Gasteiger partial charge in [-0.05, 0) is 42.8 Å². The number of quaternary nitrogens is 1. The Bertz CT molecular complexity index is 1070. The van der Waals surface area contributed by atoms with Gasteiger partial charge in [-0.25, -0.2) is 8.42 Å². The molecule has 3 aromatic rings. The first kappa shape index (κ1) is 20.8. The van der Waals surface area contributed by atoms with Gasteiger partial charge in [-0.1, -0.05) is 54.6 Å². The van der Waals surface area contributed by atoms with Crippen molar-refractivity contribution in [1.29, 1.82) is 0 Å². The molecule has 1 saturated heterocycles. The molecule has 1 aliphatic heterocycles. The van der Waals surface area contributed by atoms with Crippen LogP contribution < -0.4 is 9.21 Å². The lowest BCUT2D eigenvalue weighted by molar-refractivity contribution is -0.907. The lowest BCUT2D eigenvalue weighted by Crippen LogP contribution is -3.14. The minimum Gasteiger partial charge on any atom is -0.385 e. The van der Waals surface area contributed by atoms with E-state index in [-0.39, 0.29) is 11.4 Å². The molecule has 0 radical (unpaired) electrons. The number of aliphatic hydroxyl groups excluding tert-OH is 1. The number of benzene rings is 3. The highest BCUT2D eigenvalue weighted by molar-refractivity contribution is 7.92. The van der Waals surface area contributed by atoms with Crippen LogP contribution in [0, 0.1) is 0 Å². The first-order valence-corrected chi connectivity index (χ1v) is 12.1. The Hall–Kier alpha value is -2.41. The van der Waals surface area contributed by atoms with Gasteiger partial charge < -0.3 is 10.0 Å². The van der Waals surface area contributed by atoms with Gasteiger partial charge in [0.2, 0.25) is 0 Å². The molecular weight excluding hydrogens is 396 g/mol. The zero-order valence-electron chi connectivity index (χ0n) is 17.1. The van der Waals surface area contributed by atoms with Crippen molar-refractivity contribution in [3.63, 3.8) is 0 Å². The number of aliphatic hydroxyl groups is 1. The smallest absolute Gasteiger partial charge is 0.264 e. The Morgan fingerprint density at radius 1 is 0.867 bits per heavy atom. The number of hydrogen-bond acceptors (Lipinski definition) is 3. The predicted octanol–water partition coefficient (Wildman–Crippen LogP) is 2.46. The minimum atomic E-state index is -3.82. The fraction of sp³-hybridized carbons (Fsp3) is 0.333. The largest absolute Gasteiger partial charge is 0.385 e. The second kappa shape index (κ2) is 9.16. The highest BCUT2D eigenvalue weighted by Gasteiger charge is 2.30. The molecule has 1 fully saturated rings. The SMILES string of the molecule is O=S(=O)(c1ccccc1)N(C[C@H](O)C[NH+]1CCCCC1)c1cccc2ccccc12. The standard InChI is InChI=1S/C24H28N2O3S/c27-21(18-25-16-7-2-8-17-25)19-26(30(28,29)22-12-3-1-4-13-22)24-15-9-11-20-10-5-6-14-23(20)24/h1,3-6,9-15,21,27H,2,7-8,16-19H2/p+1/t21-/m1/s1.